The number of amides is 2. The van der Waals surface area contributed by atoms with Crippen molar-refractivity contribution < 1.29 is 18.4 Å². The van der Waals surface area contributed by atoms with Crippen LogP contribution in [0, 0.1) is 24.1 Å². The lowest BCUT2D eigenvalue weighted by molar-refractivity contribution is -0.128. The molecule has 1 aromatic carbocycles. The number of halogens is 2. The fourth-order valence-corrected chi connectivity index (χ4v) is 4.45. The minimum atomic E-state index is -0.566. The van der Waals surface area contributed by atoms with Gasteiger partial charge in [0.25, 0.3) is 5.91 Å². The molecule has 1 saturated carbocycles. The molecule has 0 spiro atoms. The highest BCUT2D eigenvalue weighted by molar-refractivity contribution is 6.05. The predicted molar refractivity (Wildman–Crippen MR) is 111 cm³/mol. The van der Waals surface area contributed by atoms with E-state index in [2.05, 4.69) is 16.0 Å². The van der Waals surface area contributed by atoms with Crippen LogP contribution in [0.1, 0.15) is 41.8 Å². The van der Waals surface area contributed by atoms with Crippen LogP contribution >= 0.6 is 12.4 Å². The Bertz CT molecular complexity index is 916. The van der Waals surface area contributed by atoms with Crippen LogP contribution in [0.3, 0.4) is 0 Å². The Morgan fingerprint density at radius 3 is 2.83 bits per heavy atom. The van der Waals surface area contributed by atoms with Gasteiger partial charge in [0, 0.05) is 12.2 Å². The second-order valence-electron chi connectivity index (χ2n) is 7.72. The quantitative estimate of drug-likeness (QED) is 0.693. The molecule has 0 radical (unpaired) electrons. The molecule has 3 N–H and O–H groups in total. The van der Waals surface area contributed by atoms with Gasteiger partial charge in [-0.2, -0.15) is 0 Å². The molecule has 0 bridgehead atoms. The summed E-state index contributed by atoms with van der Waals surface area (Å²) in [6.07, 6.45) is 5.52. The third-order valence-electron chi connectivity index (χ3n) is 6.07. The Kier molecular flexibility index (Phi) is 6.29. The fourth-order valence-electron chi connectivity index (χ4n) is 4.45. The van der Waals surface area contributed by atoms with E-state index in [4.69, 9.17) is 4.42 Å². The summed E-state index contributed by atoms with van der Waals surface area (Å²) in [7, 11) is 0. The number of aryl methyl sites for hydroxylation is 1. The van der Waals surface area contributed by atoms with Crippen molar-refractivity contribution in [2.24, 2.45) is 11.3 Å². The predicted octanol–water partition coefficient (Wildman–Crippen LogP) is 4.12. The van der Waals surface area contributed by atoms with Crippen LogP contribution in [0.4, 0.5) is 15.8 Å². The average Bonchev–Trinajstić information content (AvgIpc) is 3.31. The van der Waals surface area contributed by atoms with Gasteiger partial charge in [0.2, 0.25) is 5.91 Å². The fraction of sp³-hybridized carbons (Fsp3) is 0.429. The Morgan fingerprint density at radius 1 is 1.24 bits per heavy atom. The number of hydrogen-bond acceptors (Lipinski definition) is 4. The number of rotatable bonds is 4. The molecule has 1 aliphatic carbocycles. The van der Waals surface area contributed by atoms with Crippen molar-refractivity contribution in [2.45, 2.75) is 32.6 Å². The minimum Gasteiger partial charge on any atom is -0.469 e. The van der Waals surface area contributed by atoms with Gasteiger partial charge in [-0.3, -0.25) is 9.59 Å². The normalized spacial score (nSPS) is 23.0. The Labute approximate surface area is 175 Å². The highest BCUT2D eigenvalue weighted by Gasteiger charge is 2.49. The monoisotopic (exact) mass is 421 g/mol. The molecule has 8 heteroatoms. The molecule has 1 aliphatic heterocycles. The molecule has 2 aliphatic rings. The van der Waals surface area contributed by atoms with Crippen LogP contribution in [0.25, 0.3) is 0 Å². The Hall–Kier alpha value is -2.38. The zero-order valence-corrected chi connectivity index (χ0v) is 17.0. The van der Waals surface area contributed by atoms with Crippen molar-refractivity contribution in [3.63, 3.8) is 0 Å². The van der Waals surface area contributed by atoms with Crippen LogP contribution in [0.15, 0.2) is 34.9 Å². The number of fused-ring (bicyclic) bond motifs is 1. The number of anilines is 2. The number of carbonyl (C=O) groups is 2. The molecule has 156 valence electrons. The molecular weight excluding hydrogens is 397 g/mol. The van der Waals surface area contributed by atoms with Crippen molar-refractivity contribution in [1.29, 1.82) is 0 Å². The molecule has 2 aromatic rings. The molecule has 1 saturated heterocycles. The largest absolute Gasteiger partial charge is 0.469 e. The summed E-state index contributed by atoms with van der Waals surface area (Å²) in [6.45, 7) is 3.20. The van der Waals surface area contributed by atoms with Gasteiger partial charge >= 0.3 is 0 Å². The third-order valence-corrected chi connectivity index (χ3v) is 6.07. The van der Waals surface area contributed by atoms with E-state index in [-0.39, 0.29) is 24.0 Å². The maximum atomic E-state index is 14.2. The molecule has 2 heterocycles. The van der Waals surface area contributed by atoms with E-state index < -0.39 is 17.1 Å². The second-order valence-corrected chi connectivity index (χ2v) is 7.72. The lowest BCUT2D eigenvalue weighted by atomic mass is 9.67. The second kappa shape index (κ2) is 8.55. The number of hydrogen-bond donors (Lipinski definition) is 3. The smallest absolute Gasteiger partial charge is 0.259 e. The average molecular weight is 422 g/mol. The zero-order valence-electron chi connectivity index (χ0n) is 16.2. The first-order chi connectivity index (χ1) is 13.5. The van der Waals surface area contributed by atoms with Crippen molar-refractivity contribution in [1.82, 2.24) is 5.32 Å². The molecule has 2 atom stereocenters. The van der Waals surface area contributed by atoms with Crippen molar-refractivity contribution >= 4 is 35.6 Å². The number of nitrogens with one attached hydrogen (secondary N) is 3. The van der Waals surface area contributed by atoms with Crippen molar-refractivity contribution in [3.8, 4) is 0 Å². The summed E-state index contributed by atoms with van der Waals surface area (Å²) >= 11 is 0. The van der Waals surface area contributed by atoms with E-state index in [1.54, 1.807) is 6.92 Å². The Balaban J connectivity index is 0.00000240. The highest BCUT2D eigenvalue weighted by Crippen LogP contribution is 2.44. The molecule has 2 amide bonds. The van der Waals surface area contributed by atoms with E-state index in [0.717, 1.165) is 32.2 Å². The van der Waals surface area contributed by atoms with Gasteiger partial charge in [-0.05, 0) is 56.5 Å². The summed E-state index contributed by atoms with van der Waals surface area (Å²) in [4.78, 5) is 25.4. The van der Waals surface area contributed by atoms with Crippen LogP contribution in [0.5, 0.6) is 0 Å². The van der Waals surface area contributed by atoms with E-state index in [1.165, 1.54) is 30.5 Å². The van der Waals surface area contributed by atoms with Crippen LogP contribution in [-0.4, -0.2) is 24.9 Å². The topological polar surface area (TPSA) is 83.4 Å². The van der Waals surface area contributed by atoms with E-state index in [0.29, 0.717) is 29.5 Å². The number of carbonyl (C=O) groups excluding carboxylic acids is 2. The van der Waals surface area contributed by atoms with E-state index in [9.17, 15) is 14.0 Å². The molecule has 6 nitrogen and oxygen atoms in total. The number of furan rings is 1. The summed E-state index contributed by atoms with van der Waals surface area (Å²) < 4.78 is 19.3. The van der Waals surface area contributed by atoms with Gasteiger partial charge in [0.05, 0.1) is 22.9 Å². The van der Waals surface area contributed by atoms with Crippen LogP contribution in [0.2, 0.25) is 0 Å². The Morgan fingerprint density at radius 2 is 2.07 bits per heavy atom. The number of benzene rings is 1. The summed E-state index contributed by atoms with van der Waals surface area (Å²) in [5.41, 5.74) is 0.431. The van der Waals surface area contributed by atoms with Crippen molar-refractivity contribution in [2.75, 3.05) is 23.7 Å². The van der Waals surface area contributed by atoms with Crippen LogP contribution < -0.4 is 16.0 Å². The van der Waals surface area contributed by atoms with Gasteiger partial charge in [-0.25, -0.2) is 4.39 Å². The third kappa shape index (κ3) is 4.02. The van der Waals surface area contributed by atoms with Gasteiger partial charge in [-0.15, -0.1) is 12.4 Å². The zero-order chi connectivity index (χ0) is 19.7. The summed E-state index contributed by atoms with van der Waals surface area (Å²) in [5.74, 6) is -0.261. The van der Waals surface area contributed by atoms with Gasteiger partial charge in [0.1, 0.15) is 11.6 Å². The van der Waals surface area contributed by atoms with Gasteiger partial charge < -0.3 is 20.4 Å². The highest BCUT2D eigenvalue weighted by atomic mass is 35.5. The van der Waals surface area contributed by atoms with Crippen LogP contribution in [-0.2, 0) is 4.79 Å². The molecule has 2 fully saturated rings. The molecule has 4 rings (SSSR count). The molecule has 0 unspecified atom stereocenters. The summed E-state index contributed by atoms with van der Waals surface area (Å²) in [6, 6.07) is 5.75. The van der Waals surface area contributed by atoms with Gasteiger partial charge in [0.15, 0.2) is 0 Å². The van der Waals surface area contributed by atoms with E-state index in [1.807, 2.05) is 0 Å². The lowest BCUT2D eigenvalue weighted by Gasteiger charge is -2.37. The molecule has 29 heavy (non-hydrogen) atoms. The lowest BCUT2D eigenvalue weighted by Crippen LogP contribution is -2.44. The first-order valence-electron chi connectivity index (χ1n) is 9.67. The standard InChI is InChI=1S/C21H24FN3O3.ClH/c1-13-16(7-9-28-13)19(26)25-18-10-15(5-6-17(18)22)24-20(27)21-8-3-2-4-14(21)11-23-12-21;/h5-7,9-10,14,23H,2-4,8,11-12H2,1H3,(H,24,27)(H,25,26);1H/t14-,21+;/m0./s1. The first-order valence-corrected chi connectivity index (χ1v) is 9.67. The summed E-state index contributed by atoms with van der Waals surface area (Å²) in [5, 5.41) is 8.85. The SMILES string of the molecule is Cc1occc1C(=O)Nc1cc(NC(=O)[C@@]23CCCC[C@H]2CNC3)ccc1F.Cl. The molecular formula is C21H25ClFN3O3. The van der Waals surface area contributed by atoms with Crippen molar-refractivity contribution in [3.05, 3.63) is 47.7 Å². The minimum absolute atomic E-state index is 0. The molecule has 1 aromatic heterocycles. The maximum Gasteiger partial charge on any atom is 0.259 e. The first kappa shape index (κ1) is 21.3. The van der Waals surface area contributed by atoms with Gasteiger partial charge in [-0.1, -0.05) is 12.8 Å². The van der Waals surface area contributed by atoms with E-state index >= 15 is 0 Å². The maximum absolute atomic E-state index is 14.2.